The van der Waals surface area contributed by atoms with E-state index in [1.54, 1.807) is 6.20 Å². The molecule has 0 saturated carbocycles. The minimum Gasteiger partial charge on any atom is -0.244 e. The molecule has 0 bridgehead atoms. The standard InChI is InChI=1S/C13H19ClN4Si/c1-9-11-8-15-13(14)16-12(11)18(17-9)10-4-6-19(2,3)7-5-10/h8,10H,4-7H2,1-3H3. The number of rotatable bonds is 1. The van der Waals surface area contributed by atoms with Gasteiger partial charge in [0.1, 0.15) is 0 Å². The first-order chi connectivity index (χ1) is 8.96. The van der Waals surface area contributed by atoms with Gasteiger partial charge in [-0.1, -0.05) is 25.2 Å². The van der Waals surface area contributed by atoms with Crippen LogP contribution in [0.1, 0.15) is 24.6 Å². The van der Waals surface area contributed by atoms with Crippen molar-refractivity contribution in [3.63, 3.8) is 0 Å². The fourth-order valence-electron chi connectivity index (χ4n) is 2.93. The zero-order chi connectivity index (χ0) is 13.6. The van der Waals surface area contributed by atoms with Gasteiger partial charge in [0.05, 0.1) is 17.1 Å². The molecule has 0 N–H and O–H groups in total. The van der Waals surface area contributed by atoms with E-state index in [4.69, 9.17) is 11.6 Å². The summed E-state index contributed by atoms with van der Waals surface area (Å²) in [6, 6.07) is 3.22. The van der Waals surface area contributed by atoms with Crippen LogP contribution in [0.3, 0.4) is 0 Å². The second-order valence-electron chi connectivity index (χ2n) is 6.30. The van der Waals surface area contributed by atoms with Crippen LogP contribution in [0, 0.1) is 6.92 Å². The SMILES string of the molecule is Cc1nn(C2CC[Si](C)(C)CC2)c2nc(Cl)ncc12. The van der Waals surface area contributed by atoms with Crippen LogP contribution in [-0.2, 0) is 0 Å². The maximum absolute atomic E-state index is 5.93. The zero-order valence-corrected chi connectivity index (χ0v) is 13.4. The lowest BCUT2D eigenvalue weighted by Crippen LogP contribution is -2.32. The molecule has 19 heavy (non-hydrogen) atoms. The Bertz CT molecular complexity index is 612. The average Bonchev–Trinajstić information content (AvgIpc) is 2.66. The molecule has 0 amide bonds. The van der Waals surface area contributed by atoms with Gasteiger partial charge >= 0.3 is 0 Å². The maximum Gasteiger partial charge on any atom is 0.224 e. The molecule has 1 aliphatic heterocycles. The third-order valence-corrected chi connectivity index (χ3v) is 7.72. The second-order valence-corrected chi connectivity index (χ2v) is 12.0. The molecule has 0 radical (unpaired) electrons. The largest absolute Gasteiger partial charge is 0.244 e. The van der Waals surface area contributed by atoms with E-state index in [0.717, 1.165) is 16.7 Å². The van der Waals surface area contributed by atoms with E-state index in [0.29, 0.717) is 11.3 Å². The Balaban J connectivity index is 1.99. The molecule has 2 aromatic heterocycles. The zero-order valence-electron chi connectivity index (χ0n) is 11.6. The van der Waals surface area contributed by atoms with Gasteiger partial charge in [0.25, 0.3) is 0 Å². The molecule has 0 aromatic carbocycles. The highest BCUT2D eigenvalue weighted by Gasteiger charge is 2.30. The van der Waals surface area contributed by atoms with Gasteiger partial charge in [-0.05, 0) is 31.4 Å². The Labute approximate surface area is 119 Å². The molecule has 1 saturated heterocycles. The Morgan fingerprint density at radius 3 is 2.68 bits per heavy atom. The topological polar surface area (TPSA) is 43.6 Å². The van der Waals surface area contributed by atoms with Crippen molar-refractivity contribution in [2.75, 3.05) is 0 Å². The Kier molecular flexibility index (Phi) is 3.13. The van der Waals surface area contributed by atoms with Crippen molar-refractivity contribution < 1.29 is 0 Å². The lowest BCUT2D eigenvalue weighted by molar-refractivity contribution is 0.418. The first kappa shape index (κ1) is 13.1. The Hall–Kier alpha value is -0.943. The maximum atomic E-state index is 5.93. The van der Waals surface area contributed by atoms with Crippen molar-refractivity contribution in [3.05, 3.63) is 17.2 Å². The van der Waals surface area contributed by atoms with Crippen molar-refractivity contribution in [3.8, 4) is 0 Å². The molecule has 1 aliphatic rings. The van der Waals surface area contributed by atoms with E-state index >= 15 is 0 Å². The number of halogens is 1. The lowest BCUT2D eigenvalue weighted by Gasteiger charge is -2.32. The molecule has 3 rings (SSSR count). The fraction of sp³-hybridized carbons (Fsp3) is 0.615. The predicted molar refractivity (Wildman–Crippen MR) is 80.4 cm³/mol. The Morgan fingerprint density at radius 2 is 2.00 bits per heavy atom. The first-order valence-electron chi connectivity index (χ1n) is 6.84. The monoisotopic (exact) mass is 294 g/mol. The minimum absolute atomic E-state index is 0.305. The molecule has 102 valence electrons. The van der Waals surface area contributed by atoms with Gasteiger partial charge in [-0.15, -0.1) is 0 Å². The summed E-state index contributed by atoms with van der Waals surface area (Å²) in [7, 11) is -0.937. The average molecular weight is 295 g/mol. The number of fused-ring (bicyclic) bond motifs is 1. The van der Waals surface area contributed by atoms with Crippen LogP contribution < -0.4 is 0 Å². The molecule has 3 heterocycles. The summed E-state index contributed by atoms with van der Waals surface area (Å²) in [6.07, 6.45) is 4.22. The highest BCUT2D eigenvalue weighted by atomic mass is 35.5. The lowest BCUT2D eigenvalue weighted by atomic mass is 10.1. The smallest absolute Gasteiger partial charge is 0.224 e. The summed E-state index contributed by atoms with van der Waals surface area (Å²) < 4.78 is 2.09. The molecule has 2 aromatic rings. The van der Waals surface area contributed by atoms with E-state index in [-0.39, 0.29) is 0 Å². The van der Waals surface area contributed by atoms with Crippen LogP contribution >= 0.6 is 11.6 Å². The summed E-state index contributed by atoms with van der Waals surface area (Å²) >= 11 is 5.93. The Morgan fingerprint density at radius 1 is 1.32 bits per heavy atom. The van der Waals surface area contributed by atoms with E-state index in [9.17, 15) is 0 Å². The number of nitrogens with zero attached hydrogens (tertiary/aromatic N) is 4. The third-order valence-electron chi connectivity index (χ3n) is 4.26. The summed E-state index contributed by atoms with van der Waals surface area (Å²) in [4.78, 5) is 8.43. The van der Waals surface area contributed by atoms with Crippen LogP contribution in [0.15, 0.2) is 6.20 Å². The first-order valence-corrected chi connectivity index (χ1v) is 10.6. The molecule has 1 fully saturated rings. The fourth-order valence-corrected chi connectivity index (χ4v) is 5.54. The molecule has 6 heteroatoms. The quantitative estimate of drug-likeness (QED) is 0.593. The third kappa shape index (κ3) is 2.41. The van der Waals surface area contributed by atoms with Crippen molar-refractivity contribution >= 4 is 30.7 Å². The van der Waals surface area contributed by atoms with Gasteiger partial charge in [0.2, 0.25) is 5.28 Å². The summed E-state index contributed by atoms with van der Waals surface area (Å²) in [5.74, 6) is 0. The minimum atomic E-state index is -0.937. The number of aromatic nitrogens is 4. The van der Waals surface area contributed by atoms with Crippen molar-refractivity contribution in [1.29, 1.82) is 0 Å². The second kappa shape index (κ2) is 4.56. The molecule has 0 spiro atoms. The number of hydrogen-bond donors (Lipinski definition) is 0. The molecular formula is C13H19ClN4Si. The molecule has 4 nitrogen and oxygen atoms in total. The van der Waals surface area contributed by atoms with Crippen LogP contribution in [0.4, 0.5) is 0 Å². The van der Waals surface area contributed by atoms with Crippen LogP contribution in [0.5, 0.6) is 0 Å². The predicted octanol–water partition coefficient (Wildman–Crippen LogP) is 3.83. The summed E-state index contributed by atoms with van der Waals surface area (Å²) in [5, 5.41) is 6.00. The molecule has 0 atom stereocenters. The van der Waals surface area contributed by atoms with Gasteiger partial charge < -0.3 is 0 Å². The van der Waals surface area contributed by atoms with Crippen molar-refractivity contribution in [2.45, 2.75) is 51.0 Å². The summed E-state index contributed by atoms with van der Waals surface area (Å²) in [5.41, 5.74) is 1.89. The summed E-state index contributed by atoms with van der Waals surface area (Å²) in [6.45, 7) is 6.97. The van der Waals surface area contributed by atoms with Crippen molar-refractivity contribution in [2.24, 2.45) is 0 Å². The van der Waals surface area contributed by atoms with E-state index < -0.39 is 8.07 Å². The molecule has 0 aliphatic carbocycles. The van der Waals surface area contributed by atoms with Gasteiger partial charge in [-0.25, -0.2) is 9.67 Å². The van der Waals surface area contributed by atoms with Crippen LogP contribution in [-0.4, -0.2) is 27.8 Å². The highest BCUT2D eigenvalue weighted by molar-refractivity contribution is 6.77. The molecule has 0 unspecified atom stereocenters. The number of hydrogen-bond acceptors (Lipinski definition) is 3. The van der Waals surface area contributed by atoms with E-state index in [1.165, 1.54) is 24.9 Å². The van der Waals surface area contributed by atoms with Gasteiger partial charge in [-0.2, -0.15) is 10.1 Å². The van der Waals surface area contributed by atoms with E-state index in [1.807, 2.05) is 6.92 Å². The highest BCUT2D eigenvalue weighted by Crippen LogP contribution is 2.36. The van der Waals surface area contributed by atoms with Crippen LogP contribution in [0.2, 0.25) is 30.5 Å². The van der Waals surface area contributed by atoms with Gasteiger partial charge in [0.15, 0.2) is 5.65 Å². The van der Waals surface area contributed by atoms with Crippen molar-refractivity contribution in [1.82, 2.24) is 19.7 Å². The van der Waals surface area contributed by atoms with E-state index in [2.05, 4.69) is 32.8 Å². The number of aryl methyl sites for hydroxylation is 1. The van der Waals surface area contributed by atoms with Gasteiger partial charge in [-0.3, -0.25) is 0 Å². The molecular weight excluding hydrogens is 276 g/mol. The van der Waals surface area contributed by atoms with Crippen LogP contribution in [0.25, 0.3) is 11.0 Å². The normalized spacial score (nSPS) is 20.0. The van der Waals surface area contributed by atoms with Gasteiger partial charge in [0, 0.05) is 14.3 Å².